The van der Waals surface area contributed by atoms with E-state index in [4.69, 9.17) is 24.1 Å². The number of halogens is 2. The summed E-state index contributed by atoms with van der Waals surface area (Å²) in [6.45, 7) is 15.0. The minimum absolute atomic E-state index is 0.0511. The van der Waals surface area contributed by atoms with Crippen molar-refractivity contribution in [2.75, 3.05) is 11.5 Å². The Morgan fingerprint density at radius 1 is 0.902 bits per heavy atom. The van der Waals surface area contributed by atoms with Gasteiger partial charge < -0.3 is 19.0 Å². The molecule has 1 unspecified atom stereocenters. The molecule has 0 saturated carbocycles. The molecule has 0 amide bonds. The van der Waals surface area contributed by atoms with E-state index in [0.717, 1.165) is 58.3 Å². The first kappa shape index (κ1) is 35.7. The van der Waals surface area contributed by atoms with Crippen LogP contribution in [0, 0.1) is 17.0 Å². The predicted octanol–water partition coefficient (Wildman–Crippen LogP) is 9.12. The quantitative estimate of drug-likeness (QED) is 0.184. The van der Waals surface area contributed by atoms with Gasteiger partial charge in [-0.3, -0.25) is 0 Å². The number of aromatic nitrogens is 4. The van der Waals surface area contributed by atoms with Crippen LogP contribution in [-0.4, -0.2) is 49.6 Å². The van der Waals surface area contributed by atoms with Crippen LogP contribution < -0.4 is 10.2 Å². The van der Waals surface area contributed by atoms with E-state index in [-0.39, 0.29) is 16.7 Å². The zero-order valence-corrected chi connectivity index (χ0v) is 31.6. The van der Waals surface area contributed by atoms with E-state index in [0.29, 0.717) is 23.8 Å². The van der Waals surface area contributed by atoms with Crippen LogP contribution in [0.3, 0.4) is 0 Å². The highest BCUT2D eigenvalue weighted by atomic mass is 32.2. The second kappa shape index (κ2) is 13.1. The summed E-state index contributed by atoms with van der Waals surface area (Å²) in [6.07, 6.45) is 5.13. The van der Waals surface area contributed by atoms with Crippen LogP contribution in [0.25, 0.3) is 22.3 Å². The molecule has 0 aliphatic carbocycles. The third kappa shape index (κ3) is 6.73. The van der Waals surface area contributed by atoms with E-state index in [9.17, 15) is 0 Å². The summed E-state index contributed by atoms with van der Waals surface area (Å²) >= 11 is 1.87. The molecule has 51 heavy (non-hydrogen) atoms. The summed E-state index contributed by atoms with van der Waals surface area (Å²) in [7, 11) is 1.27. The van der Waals surface area contributed by atoms with E-state index in [1.165, 1.54) is 18.2 Å². The van der Waals surface area contributed by atoms with Crippen molar-refractivity contribution in [2.45, 2.75) is 90.8 Å². The van der Waals surface area contributed by atoms with Crippen LogP contribution in [0.5, 0.6) is 11.5 Å². The number of nitrogens with zero attached hydrogens (tertiary/aromatic N) is 3. The van der Waals surface area contributed by atoms with Crippen LogP contribution in [0.4, 0.5) is 8.78 Å². The molecule has 7 nitrogen and oxygen atoms in total. The monoisotopic (exact) mass is 712 g/mol. The lowest BCUT2D eigenvalue weighted by molar-refractivity contribution is 0.00578. The van der Waals surface area contributed by atoms with Crippen LogP contribution >= 0.6 is 11.8 Å². The second-order valence-electron chi connectivity index (χ2n) is 16.1. The third-order valence-corrected chi connectivity index (χ3v) is 12.6. The van der Waals surface area contributed by atoms with Crippen molar-refractivity contribution in [3.8, 4) is 22.9 Å². The highest BCUT2D eigenvalue weighted by Gasteiger charge is 2.52. The molecule has 5 aromatic rings. The number of ether oxygens (including phenoxy) is 1. The minimum Gasteiger partial charge on any atom is -0.454 e. The molecule has 1 fully saturated rings. The average Bonchev–Trinajstić information content (AvgIpc) is 3.75. The van der Waals surface area contributed by atoms with E-state index < -0.39 is 35.4 Å². The molecule has 7 rings (SSSR count). The van der Waals surface area contributed by atoms with Crippen LogP contribution in [-0.2, 0) is 28.2 Å². The zero-order chi connectivity index (χ0) is 36.3. The fraction of sp³-hybridized carbons (Fsp3) is 0.450. The molecule has 11 heteroatoms. The lowest BCUT2D eigenvalue weighted by Gasteiger charge is -2.32. The molecule has 1 N–H and O–H groups in total. The molecule has 0 spiro atoms. The van der Waals surface area contributed by atoms with Gasteiger partial charge in [-0.1, -0.05) is 44.5 Å². The molecular formula is C40H47BF2N4O3S. The van der Waals surface area contributed by atoms with Gasteiger partial charge >= 0.3 is 7.12 Å². The SMILES string of the molecule is Cn1nc2nc1-c1cc(ccc1F)Oc1c(F)cc3[nH]ccc3c1CCSCC(C)(C)CCCC2(C)c1cccc(B2OC(C)(C)C(C)(C)O2)c1. The minimum atomic E-state index is -0.612. The van der Waals surface area contributed by atoms with Gasteiger partial charge in [0.2, 0.25) is 0 Å². The molecule has 0 radical (unpaired) electrons. The molecule has 268 valence electrons. The van der Waals surface area contributed by atoms with Crippen LogP contribution in [0.2, 0.25) is 0 Å². The molecule has 2 aliphatic rings. The normalized spacial score (nSPS) is 21.9. The number of benzene rings is 3. The van der Waals surface area contributed by atoms with E-state index >= 15 is 8.78 Å². The van der Waals surface area contributed by atoms with Gasteiger partial charge in [-0.05, 0) is 106 Å². The van der Waals surface area contributed by atoms with Gasteiger partial charge in [-0.2, -0.15) is 16.9 Å². The Kier molecular flexibility index (Phi) is 9.16. The Balaban J connectivity index is 1.32. The highest BCUT2D eigenvalue weighted by Crippen LogP contribution is 2.42. The number of fused-ring (bicyclic) bond motifs is 8. The maximum atomic E-state index is 15.7. The first-order chi connectivity index (χ1) is 24.1. The fourth-order valence-corrected chi connectivity index (χ4v) is 8.39. The number of nitrogens with one attached hydrogen (secondary N) is 1. The van der Waals surface area contributed by atoms with Crippen LogP contribution in [0.15, 0.2) is 60.8 Å². The lowest BCUT2D eigenvalue weighted by Crippen LogP contribution is -2.41. The molecule has 1 atom stereocenters. The maximum Gasteiger partial charge on any atom is 0.494 e. The number of rotatable bonds is 2. The zero-order valence-electron chi connectivity index (χ0n) is 30.8. The van der Waals surface area contributed by atoms with Crippen molar-refractivity contribution in [2.24, 2.45) is 12.5 Å². The second-order valence-corrected chi connectivity index (χ2v) is 17.2. The van der Waals surface area contributed by atoms with E-state index in [1.807, 2.05) is 36.2 Å². The molecule has 4 heterocycles. The van der Waals surface area contributed by atoms with E-state index in [2.05, 4.69) is 65.6 Å². The van der Waals surface area contributed by atoms with Gasteiger partial charge in [0.15, 0.2) is 23.2 Å². The van der Waals surface area contributed by atoms with Crippen molar-refractivity contribution in [3.05, 3.63) is 89.4 Å². The molecule has 1 saturated heterocycles. The number of H-pyrrole nitrogens is 1. The Morgan fingerprint density at radius 3 is 2.43 bits per heavy atom. The smallest absolute Gasteiger partial charge is 0.454 e. The Labute approximate surface area is 304 Å². The summed E-state index contributed by atoms with van der Waals surface area (Å²) in [5.41, 5.74) is 2.21. The van der Waals surface area contributed by atoms with Gasteiger partial charge in [-0.15, -0.1) is 0 Å². The average molecular weight is 713 g/mol. The molecule has 3 aromatic carbocycles. The number of hydrogen-bond donors (Lipinski definition) is 1. The van der Waals surface area contributed by atoms with Gasteiger partial charge in [0.05, 0.1) is 22.2 Å². The number of thioether (sulfide) groups is 1. The molecule has 2 aromatic heterocycles. The number of hydrogen-bond acceptors (Lipinski definition) is 6. The Hall–Kier alpha value is -3.67. The van der Waals surface area contributed by atoms with Gasteiger partial charge in [0, 0.05) is 35.8 Å². The van der Waals surface area contributed by atoms with Gasteiger partial charge in [-0.25, -0.2) is 18.4 Å². The fourth-order valence-electron chi connectivity index (χ4n) is 7.20. The van der Waals surface area contributed by atoms with Crippen molar-refractivity contribution in [1.29, 1.82) is 0 Å². The topological polar surface area (TPSA) is 74.2 Å². The first-order valence-corrected chi connectivity index (χ1v) is 18.9. The highest BCUT2D eigenvalue weighted by molar-refractivity contribution is 7.99. The molecule has 4 bridgehead atoms. The summed E-state index contributed by atoms with van der Waals surface area (Å²) in [5.74, 6) is 2.26. The third-order valence-electron chi connectivity index (χ3n) is 11.1. The van der Waals surface area contributed by atoms with Gasteiger partial charge in [0.25, 0.3) is 0 Å². The summed E-state index contributed by atoms with van der Waals surface area (Å²) in [4.78, 5) is 8.19. The first-order valence-electron chi connectivity index (χ1n) is 17.8. The maximum absolute atomic E-state index is 15.7. The largest absolute Gasteiger partial charge is 0.494 e. The Morgan fingerprint density at radius 2 is 1.67 bits per heavy atom. The standard InChI is InChI=1S/C40H47BF2N4O3S/c1-37(2)17-10-18-40(7,25-11-9-12-26(21-25)41-49-38(3,4)39(5,6)50-41)36-45-35(47(8)46-36)30-22-27(13-14-31(30)42)48-34-29(16-20-51-24-37)28-15-19-44-33(28)23-32(34)43/h9,11-15,19,21-23,44H,10,16-18,20,24H2,1-8H3. The van der Waals surface area contributed by atoms with Crippen LogP contribution in [0.1, 0.15) is 84.7 Å². The molecular weight excluding hydrogens is 665 g/mol. The number of aryl methyl sites for hydroxylation is 2. The lowest BCUT2D eigenvalue weighted by atomic mass is 9.71. The van der Waals surface area contributed by atoms with Crippen molar-refractivity contribution < 1.29 is 22.8 Å². The van der Waals surface area contributed by atoms with Crippen molar-refractivity contribution in [1.82, 2.24) is 19.7 Å². The summed E-state index contributed by atoms with van der Waals surface area (Å²) in [5, 5.41) is 5.87. The number of aromatic amines is 1. The predicted molar refractivity (Wildman–Crippen MR) is 202 cm³/mol. The molecule has 2 aliphatic heterocycles. The Bertz CT molecular complexity index is 2080. The summed E-state index contributed by atoms with van der Waals surface area (Å²) in [6, 6.07) is 16.2. The van der Waals surface area contributed by atoms with Gasteiger partial charge in [0.1, 0.15) is 11.6 Å². The summed E-state index contributed by atoms with van der Waals surface area (Å²) < 4.78 is 52.2. The van der Waals surface area contributed by atoms with Crippen molar-refractivity contribution >= 4 is 35.2 Å². The van der Waals surface area contributed by atoms with Crippen molar-refractivity contribution in [3.63, 3.8) is 0 Å². The van der Waals surface area contributed by atoms with E-state index in [1.54, 1.807) is 17.8 Å².